The van der Waals surface area contributed by atoms with E-state index in [1.807, 2.05) is 31.1 Å². The molecule has 2 rings (SSSR count). The van der Waals surface area contributed by atoms with Crippen LogP contribution in [0, 0.1) is 0 Å². The zero-order valence-corrected chi connectivity index (χ0v) is 13.2. The molecule has 2 aromatic rings. The first-order chi connectivity index (χ1) is 9.99. The van der Waals surface area contributed by atoms with E-state index in [2.05, 4.69) is 4.98 Å². The number of hydrogen-bond acceptors (Lipinski definition) is 5. The summed E-state index contributed by atoms with van der Waals surface area (Å²) in [6.07, 6.45) is 3.10. The number of aromatic nitrogens is 1. The molecule has 1 aromatic carbocycles. The molecular formula is C15H19N2O3P. The average molecular weight is 306 g/mol. The fraction of sp³-hybridized carbons (Fsp3) is 0.267. The summed E-state index contributed by atoms with van der Waals surface area (Å²) in [6, 6.07) is 10.4. The Bertz CT molecular complexity index is 629. The number of nitrogens with zero attached hydrogens (tertiary/aromatic N) is 2. The molecule has 0 radical (unpaired) electrons. The summed E-state index contributed by atoms with van der Waals surface area (Å²) in [5.74, 6) is -1.21. The van der Waals surface area contributed by atoms with E-state index in [0.29, 0.717) is 10.9 Å². The number of pyridine rings is 1. The van der Waals surface area contributed by atoms with Crippen molar-refractivity contribution >= 4 is 18.4 Å². The second-order valence-corrected chi connectivity index (χ2v) is 7.41. The Hall–Kier alpha value is -1.68. The van der Waals surface area contributed by atoms with Crippen LogP contribution in [0.15, 0.2) is 48.8 Å². The van der Waals surface area contributed by atoms with Crippen LogP contribution in [0.2, 0.25) is 0 Å². The van der Waals surface area contributed by atoms with Crippen molar-refractivity contribution < 1.29 is 14.2 Å². The van der Waals surface area contributed by atoms with Crippen molar-refractivity contribution in [3.8, 4) is 0 Å². The Balaban J connectivity index is 2.39. The largest absolute Gasteiger partial charge is 0.378 e. The van der Waals surface area contributed by atoms with Gasteiger partial charge >= 0.3 is 0 Å². The van der Waals surface area contributed by atoms with Gasteiger partial charge < -0.3 is 14.5 Å². The molecule has 0 saturated carbocycles. The second kappa shape index (κ2) is 6.39. The van der Waals surface area contributed by atoms with Crippen LogP contribution in [0.4, 0.5) is 5.69 Å². The predicted octanol–water partition coefficient (Wildman–Crippen LogP) is 2.39. The van der Waals surface area contributed by atoms with Crippen LogP contribution in [0.1, 0.15) is 11.4 Å². The van der Waals surface area contributed by atoms with Crippen LogP contribution in [-0.4, -0.2) is 31.3 Å². The van der Waals surface area contributed by atoms with Crippen molar-refractivity contribution in [1.29, 1.82) is 0 Å². The molecule has 0 fully saturated rings. The van der Waals surface area contributed by atoms with Crippen molar-refractivity contribution in [3.63, 3.8) is 0 Å². The van der Waals surface area contributed by atoms with E-state index in [-0.39, 0.29) is 0 Å². The zero-order chi connectivity index (χ0) is 15.5. The predicted molar refractivity (Wildman–Crippen MR) is 84.2 cm³/mol. The van der Waals surface area contributed by atoms with Crippen molar-refractivity contribution in [3.05, 3.63) is 54.4 Å². The van der Waals surface area contributed by atoms with E-state index >= 15 is 0 Å². The van der Waals surface area contributed by atoms with Gasteiger partial charge in [-0.05, 0) is 42.0 Å². The Labute approximate surface area is 124 Å². The lowest BCUT2D eigenvalue weighted by Gasteiger charge is -2.23. The lowest BCUT2D eigenvalue weighted by Crippen LogP contribution is -2.15. The molecule has 0 amide bonds. The number of rotatable bonds is 5. The monoisotopic (exact) mass is 306 g/mol. The second-order valence-electron chi connectivity index (χ2n) is 4.84. The highest BCUT2D eigenvalue weighted by molar-refractivity contribution is 7.67. The number of aliphatic hydroxyl groups excluding tert-OH is 1. The third kappa shape index (κ3) is 3.16. The molecule has 0 aliphatic rings. The highest BCUT2D eigenvalue weighted by atomic mass is 31.2. The van der Waals surface area contributed by atoms with Gasteiger partial charge in [0.1, 0.15) is 0 Å². The lowest BCUT2D eigenvalue weighted by molar-refractivity contribution is 0.228. The highest BCUT2D eigenvalue weighted by Crippen LogP contribution is 2.56. The van der Waals surface area contributed by atoms with Crippen LogP contribution in [-0.2, 0) is 9.09 Å². The summed E-state index contributed by atoms with van der Waals surface area (Å²) < 4.78 is 18.3. The molecule has 0 spiro atoms. The molecule has 1 aromatic heterocycles. The minimum absolute atomic E-state index is 0.486. The van der Waals surface area contributed by atoms with Crippen LogP contribution in [0.3, 0.4) is 0 Å². The van der Waals surface area contributed by atoms with E-state index in [4.69, 9.17) is 4.52 Å². The van der Waals surface area contributed by atoms with Crippen molar-refractivity contribution in [2.24, 2.45) is 0 Å². The van der Waals surface area contributed by atoms with Gasteiger partial charge in [-0.3, -0.25) is 9.55 Å². The molecule has 2 atom stereocenters. The molecule has 0 saturated heterocycles. The molecular weight excluding hydrogens is 287 g/mol. The molecule has 112 valence electrons. The van der Waals surface area contributed by atoms with Gasteiger partial charge in [0.05, 0.1) is 0 Å². The first kappa shape index (κ1) is 15.7. The third-order valence-corrected chi connectivity index (χ3v) is 5.83. The summed E-state index contributed by atoms with van der Waals surface area (Å²) >= 11 is 0. The molecule has 0 aliphatic heterocycles. The summed E-state index contributed by atoms with van der Waals surface area (Å²) in [5, 5.41) is 10.9. The minimum Gasteiger partial charge on any atom is -0.378 e. The number of hydrogen-bond donors (Lipinski definition) is 1. The van der Waals surface area contributed by atoms with Gasteiger partial charge in [-0.25, -0.2) is 0 Å². The maximum absolute atomic E-state index is 13.1. The topological polar surface area (TPSA) is 62.7 Å². The quantitative estimate of drug-likeness (QED) is 0.859. The summed E-state index contributed by atoms with van der Waals surface area (Å²) in [6.45, 7) is 0. The van der Waals surface area contributed by atoms with Crippen LogP contribution in [0.5, 0.6) is 0 Å². The number of anilines is 1. The molecule has 0 bridgehead atoms. The van der Waals surface area contributed by atoms with Gasteiger partial charge in [0.25, 0.3) is 7.37 Å². The smallest absolute Gasteiger partial charge is 0.263 e. The van der Waals surface area contributed by atoms with E-state index in [9.17, 15) is 9.67 Å². The Kier molecular flexibility index (Phi) is 4.78. The molecule has 0 aliphatic carbocycles. The number of benzene rings is 1. The minimum atomic E-state index is -3.41. The van der Waals surface area contributed by atoms with Gasteiger partial charge in [0.2, 0.25) is 0 Å². The third-order valence-electron chi connectivity index (χ3n) is 3.32. The van der Waals surface area contributed by atoms with Crippen molar-refractivity contribution in [1.82, 2.24) is 4.98 Å². The average Bonchev–Trinajstić information content (AvgIpc) is 2.54. The molecule has 5 nitrogen and oxygen atoms in total. The Morgan fingerprint density at radius 2 is 1.71 bits per heavy atom. The van der Waals surface area contributed by atoms with E-state index in [1.54, 1.807) is 36.7 Å². The maximum Gasteiger partial charge on any atom is 0.263 e. The van der Waals surface area contributed by atoms with Gasteiger partial charge in [0.15, 0.2) is 5.85 Å². The Morgan fingerprint density at radius 1 is 1.14 bits per heavy atom. The number of aliphatic hydroxyl groups is 1. The first-order valence-electron chi connectivity index (χ1n) is 6.50. The Morgan fingerprint density at radius 3 is 2.19 bits per heavy atom. The SMILES string of the molecule is CO[P@@](=O)(c1ccc(N(C)C)cc1)[C@@H](O)c1ccncc1. The highest BCUT2D eigenvalue weighted by Gasteiger charge is 2.35. The van der Waals surface area contributed by atoms with Gasteiger partial charge in [-0.2, -0.15) is 0 Å². The molecule has 1 heterocycles. The van der Waals surface area contributed by atoms with Gasteiger partial charge in [-0.15, -0.1) is 0 Å². The lowest BCUT2D eigenvalue weighted by atomic mass is 10.3. The standard InChI is InChI=1S/C15H19N2O3P/c1-17(2)13-4-6-14(7-5-13)21(19,20-3)15(18)12-8-10-16-11-9-12/h4-11,15,18H,1-3H3/t15-,21+/m1/s1. The van der Waals surface area contributed by atoms with Crippen molar-refractivity contribution in [2.45, 2.75) is 5.85 Å². The van der Waals surface area contributed by atoms with Crippen molar-refractivity contribution in [2.75, 3.05) is 26.1 Å². The molecule has 0 unspecified atom stereocenters. The maximum atomic E-state index is 13.1. The van der Waals surface area contributed by atoms with Crippen LogP contribution < -0.4 is 10.2 Å². The van der Waals surface area contributed by atoms with E-state index in [1.165, 1.54) is 7.11 Å². The summed E-state index contributed by atoms with van der Waals surface area (Å²) in [4.78, 5) is 5.84. The normalized spacial score (nSPS) is 15.2. The van der Waals surface area contributed by atoms with E-state index in [0.717, 1.165) is 5.69 Å². The fourth-order valence-corrected chi connectivity index (χ4v) is 3.86. The molecule has 6 heteroatoms. The zero-order valence-electron chi connectivity index (χ0n) is 12.3. The first-order valence-corrected chi connectivity index (χ1v) is 8.20. The molecule has 1 N–H and O–H groups in total. The van der Waals surface area contributed by atoms with E-state index < -0.39 is 13.2 Å². The summed E-state index contributed by atoms with van der Waals surface area (Å²) in [5.41, 5.74) is 1.51. The van der Waals surface area contributed by atoms with Gasteiger partial charge in [0, 0.05) is 44.6 Å². The van der Waals surface area contributed by atoms with Crippen LogP contribution >= 0.6 is 7.37 Å². The fourth-order valence-electron chi connectivity index (χ4n) is 2.04. The summed E-state index contributed by atoms with van der Waals surface area (Å²) in [7, 11) is 1.80. The van der Waals surface area contributed by atoms with Gasteiger partial charge in [-0.1, -0.05) is 0 Å². The van der Waals surface area contributed by atoms with Crippen LogP contribution in [0.25, 0.3) is 0 Å². The molecule has 21 heavy (non-hydrogen) atoms.